The van der Waals surface area contributed by atoms with E-state index in [0.717, 1.165) is 18.2 Å². The van der Waals surface area contributed by atoms with Gasteiger partial charge in [-0.15, -0.1) is 0 Å². The minimum Gasteiger partial charge on any atom is -0.496 e. The fourth-order valence-electron chi connectivity index (χ4n) is 3.32. The summed E-state index contributed by atoms with van der Waals surface area (Å²) in [4.78, 5) is 36.1. The highest BCUT2D eigenvalue weighted by molar-refractivity contribution is 7.89. The number of sulfonamides is 1. The number of rotatable bonds is 6. The second-order valence-electron chi connectivity index (χ2n) is 6.92. The van der Waals surface area contributed by atoms with Crippen LogP contribution < -0.4 is 15.8 Å². The molecule has 1 unspecified atom stereocenters. The molecule has 2 amide bonds. The lowest BCUT2D eigenvalue weighted by atomic mass is 9.98. The summed E-state index contributed by atoms with van der Waals surface area (Å²) in [6.07, 6.45) is 0.148. The number of carbonyl (C=O) groups excluding carboxylic acids is 2. The van der Waals surface area contributed by atoms with E-state index >= 15 is 0 Å². The Kier molecular flexibility index (Phi) is 6.16. The summed E-state index contributed by atoms with van der Waals surface area (Å²) in [5.41, 5.74) is 5.81. The fraction of sp³-hybridized carbons (Fsp3) is 0.250. The maximum Gasteiger partial charge on any atom is 0.337 e. The maximum absolute atomic E-state index is 13.2. The van der Waals surface area contributed by atoms with Gasteiger partial charge >= 0.3 is 5.97 Å². The molecule has 4 N–H and O–H groups in total. The Hall–Kier alpha value is -3.60. The van der Waals surface area contributed by atoms with Gasteiger partial charge in [0.1, 0.15) is 12.3 Å². The van der Waals surface area contributed by atoms with Crippen LogP contribution in [-0.2, 0) is 26.0 Å². The summed E-state index contributed by atoms with van der Waals surface area (Å²) in [5, 5.41) is 11.6. The number of nitrogens with one attached hydrogen (secondary N) is 1. The number of benzene rings is 2. The zero-order chi connectivity index (χ0) is 22.8. The minimum atomic E-state index is -4.45. The number of para-hydroxylation sites is 1. The lowest BCUT2D eigenvalue weighted by Crippen LogP contribution is -2.42. The molecule has 10 nitrogen and oxygen atoms in total. The summed E-state index contributed by atoms with van der Waals surface area (Å²) in [6, 6.07) is 10.0. The van der Waals surface area contributed by atoms with Crippen LogP contribution in [0.15, 0.2) is 47.4 Å². The molecular formula is C20H21N3O7S. The first-order valence-corrected chi connectivity index (χ1v) is 10.7. The Morgan fingerprint density at radius 1 is 1.26 bits per heavy atom. The molecule has 0 aromatic heterocycles. The summed E-state index contributed by atoms with van der Waals surface area (Å²) >= 11 is 0. The monoisotopic (exact) mass is 447 g/mol. The van der Waals surface area contributed by atoms with Crippen LogP contribution in [0.1, 0.15) is 15.9 Å². The van der Waals surface area contributed by atoms with Crippen molar-refractivity contribution in [1.29, 1.82) is 0 Å². The van der Waals surface area contributed by atoms with Gasteiger partial charge in [-0.05, 0) is 36.2 Å². The molecule has 1 saturated heterocycles. The molecule has 2 aromatic rings. The zero-order valence-electron chi connectivity index (χ0n) is 16.6. The number of hydrogen-bond donors (Lipinski definition) is 3. The molecule has 2 aromatic carbocycles. The van der Waals surface area contributed by atoms with E-state index in [4.69, 9.17) is 15.6 Å². The van der Waals surface area contributed by atoms with Crippen molar-refractivity contribution in [1.82, 2.24) is 9.62 Å². The molecule has 1 aliphatic rings. The van der Waals surface area contributed by atoms with Crippen LogP contribution >= 0.6 is 0 Å². The van der Waals surface area contributed by atoms with Gasteiger partial charge in [-0.25, -0.2) is 17.5 Å². The van der Waals surface area contributed by atoms with Crippen LogP contribution in [0.5, 0.6) is 5.75 Å². The van der Waals surface area contributed by atoms with Crippen molar-refractivity contribution < 1.29 is 32.6 Å². The number of carboxylic acid groups (broad SMARTS) is 1. The Bertz CT molecular complexity index is 1150. The average Bonchev–Trinajstić information content (AvgIpc) is 2.87. The summed E-state index contributed by atoms with van der Waals surface area (Å²) in [7, 11) is -2.97. The molecule has 0 radical (unpaired) electrons. The van der Waals surface area contributed by atoms with E-state index in [0.29, 0.717) is 15.6 Å². The molecule has 1 aliphatic heterocycles. The predicted molar refractivity (Wildman–Crippen MR) is 110 cm³/mol. The van der Waals surface area contributed by atoms with Crippen molar-refractivity contribution in [2.24, 2.45) is 5.92 Å². The third-order valence-corrected chi connectivity index (χ3v) is 6.67. The maximum atomic E-state index is 13.2. The van der Waals surface area contributed by atoms with E-state index in [1.807, 2.05) is 0 Å². The number of nitrogens with two attached hydrogens (primary N) is 1. The van der Waals surface area contributed by atoms with Crippen molar-refractivity contribution in [2.75, 3.05) is 25.9 Å². The molecule has 164 valence electrons. The average molecular weight is 447 g/mol. The van der Waals surface area contributed by atoms with Crippen LogP contribution in [0.3, 0.4) is 0 Å². The van der Waals surface area contributed by atoms with E-state index in [-0.39, 0.29) is 29.1 Å². The summed E-state index contributed by atoms with van der Waals surface area (Å²) < 4.78 is 32.1. The van der Waals surface area contributed by atoms with Crippen LogP contribution in [0, 0.1) is 5.92 Å². The first-order valence-electron chi connectivity index (χ1n) is 9.23. The SMILES string of the molecule is COc1ccccc1CC1CNC(=O)CN(S(=O)(=O)c2ccc(C(=O)O)c(N)c2)C1=O. The third kappa shape index (κ3) is 4.45. The first kappa shape index (κ1) is 22.1. The molecule has 0 saturated carbocycles. The molecule has 11 heteroatoms. The number of aromatic carboxylic acids is 1. The summed E-state index contributed by atoms with van der Waals surface area (Å²) in [5.74, 6) is -3.02. The van der Waals surface area contributed by atoms with Gasteiger partial charge in [0.15, 0.2) is 0 Å². The lowest BCUT2D eigenvalue weighted by Gasteiger charge is -2.23. The number of methoxy groups -OCH3 is 1. The Morgan fingerprint density at radius 2 is 1.97 bits per heavy atom. The molecular weight excluding hydrogens is 426 g/mol. The second kappa shape index (κ2) is 8.64. The highest BCUT2D eigenvalue weighted by Gasteiger charge is 2.38. The molecule has 1 heterocycles. The van der Waals surface area contributed by atoms with E-state index in [9.17, 15) is 22.8 Å². The van der Waals surface area contributed by atoms with Crippen molar-refractivity contribution in [3.05, 3.63) is 53.6 Å². The van der Waals surface area contributed by atoms with Crippen molar-refractivity contribution in [3.63, 3.8) is 0 Å². The normalized spacial score (nSPS) is 17.1. The number of hydrogen-bond acceptors (Lipinski definition) is 7. The van der Waals surface area contributed by atoms with Gasteiger partial charge in [0, 0.05) is 12.2 Å². The van der Waals surface area contributed by atoms with Gasteiger partial charge in [0.05, 0.1) is 23.5 Å². The topological polar surface area (TPSA) is 156 Å². The molecule has 0 bridgehead atoms. The zero-order valence-corrected chi connectivity index (χ0v) is 17.4. The van der Waals surface area contributed by atoms with Crippen molar-refractivity contribution >= 4 is 33.5 Å². The number of amides is 2. The van der Waals surface area contributed by atoms with Gasteiger partial charge in [-0.2, -0.15) is 0 Å². The van der Waals surface area contributed by atoms with E-state index in [2.05, 4.69) is 5.32 Å². The molecule has 31 heavy (non-hydrogen) atoms. The molecule has 0 spiro atoms. The van der Waals surface area contributed by atoms with E-state index in [1.54, 1.807) is 24.3 Å². The van der Waals surface area contributed by atoms with E-state index in [1.165, 1.54) is 7.11 Å². The molecule has 1 fully saturated rings. The van der Waals surface area contributed by atoms with Gasteiger partial charge in [-0.1, -0.05) is 18.2 Å². The summed E-state index contributed by atoms with van der Waals surface area (Å²) in [6.45, 7) is -0.730. The number of anilines is 1. The highest BCUT2D eigenvalue weighted by Crippen LogP contribution is 2.26. The Labute approximate surface area is 178 Å². The van der Waals surface area contributed by atoms with Gasteiger partial charge in [0.2, 0.25) is 11.8 Å². The van der Waals surface area contributed by atoms with Crippen LogP contribution in [-0.4, -0.2) is 55.8 Å². The number of carboxylic acids is 1. The van der Waals surface area contributed by atoms with Gasteiger partial charge in [0.25, 0.3) is 10.0 Å². The van der Waals surface area contributed by atoms with Crippen molar-refractivity contribution in [3.8, 4) is 5.75 Å². The molecule has 3 rings (SSSR count). The van der Waals surface area contributed by atoms with Crippen LogP contribution in [0.2, 0.25) is 0 Å². The number of ether oxygens (including phenoxy) is 1. The Balaban J connectivity index is 1.96. The fourth-order valence-corrected chi connectivity index (χ4v) is 4.76. The first-order chi connectivity index (χ1) is 14.6. The largest absolute Gasteiger partial charge is 0.496 e. The van der Waals surface area contributed by atoms with Gasteiger partial charge in [-0.3, -0.25) is 9.59 Å². The standard InChI is InChI=1S/C20H21N3O7S/c1-30-17-5-3-2-4-12(17)8-13-10-22-18(24)11-23(19(13)25)31(28,29)14-6-7-15(20(26)27)16(21)9-14/h2-7,9,13H,8,10-11,21H2,1H3,(H,22,24)(H,26,27). The van der Waals surface area contributed by atoms with Crippen LogP contribution in [0.4, 0.5) is 5.69 Å². The smallest absolute Gasteiger partial charge is 0.337 e. The van der Waals surface area contributed by atoms with E-state index < -0.39 is 40.3 Å². The second-order valence-corrected chi connectivity index (χ2v) is 8.78. The lowest BCUT2D eigenvalue weighted by molar-refractivity contribution is -0.131. The molecule has 0 aliphatic carbocycles. The van der Waals surface area contributed by atoms with Gasteiger partial charge < -0.3 is 20.9 Å². The van der Waals surface area contributed by atoms with Crippen molar-refractivity contribution in [2.45, 2.75) is 11.3 Å². The number of carbonyl (C=O) groups is 3. The molecule has 1 atom stereocenters. The number of nitrogen functional groups attached to an aromatic ring is 1. The Morgan fingerprint density at radius 3 is 2.61 bits per heavy atom. The third-order valence-electron chi connectivity index (χ3n) is 4.93. The predicted octanol–water partition coefficient (Wildman–Crippen LogP) is 0.482. The van der Waals surface area contributed by atoms with Crippen LogP contribution in [0.25, 0.3) is 0 Å². The minimum absolute atomic E-state index is 0.0399. The quantitative estimate of drug-likeness (QED) is 0.540. The highest BCUT2D eigenvalue weighted by atomic mass is 32.2. The number of nitrogens with zero attached hydrogens (tertiary/aromatic N) is 1.